The average Bonchev–Trinajstić information content (AvgIpc) is 3.13. The number of likely N-dealkylation sites (N-methyl/N-ethyl adjacent to an activating group) is 1. The quantitative estimate of drug-likeness (QED) is 0.427. The Kier molecular flexibility index (Phi) is 5.22. The fourth-order valence-electron chi connectivity index (χ4n) is 7.76. The molecule has 4 nitrogen and oxygen atoms in total. The first-order chi connectivity index (χ1) is 13.7. The maximum absolute atomic E-state index is 12.8. The van der Waals surface area contributed by atoms with E-state index in [1.165, 1.54) is 32.1 Å². The number of esters is 1. The van der Waals surface area contributed by atoms with Crippen molar-refractivity contribution in [3.05, 3.63) is 0 Å². The van der Waals surface area contributed by atoms with Gasteiger partial charge in [-0.25, -0.2) is 4.79 Å². The molecule has 30 heavy (non-hydrogen) atoms. The zero-order valence-electron chi connectivity index (χ0n) is 20.8. The zero-order chi connectivity index (χ0) is 22.2. The Balaban J connectivity index is 1.26. The number of rotatable bonds is 7. The molecule has 4 fully saturated rings. The lowest BCUT2D eigenvalue weighted by atomic mass is 9.70. The lowest BCUT2D eigenvalue weighted by Gasteiger charge is -2.40. The molecule has 4 bridgehead atoms. The first-order valence-electron chi connectivity index (χ1n) is 12.4. The van der Waals surface area contributed by atoms with Crippen LogP contribution >= 0.6 is 0 Å². The lowest BCUT2D eigenvalue weighted by Crippen LogP contribution is -2.49. The highest BCUT2D eigenvalue weighted by molar-refractivity contribution is 5.71. The minimum atomic E-state index is -0.0393. The third-order valence-electron chi connectivity index (χ3n) is 11.3. The van der Waals surface area contributed by atoms with Crippen molar-refractivity contribution in [1.82, 2.24) is 0 Å². The predicted molar refractivity (Wildman–Crippen MR) is 120 cm³/mol. The third-order valence-corrected chi connectivity index (χ3v) is 11.3. The van der Waals surface area contributed by atoms with Crippen LogP contribution in [0, 0.1) is 33.5 Å². The molecular formula is C26H46NO3+. The van der Waals surface area contributed by atoms with Gasteiger partial charge in [-0.15, -0.1) is 0 Å². The second-order valence-electron chi connectivity index (χ2n) is 13.4. The monoisotopic (exact) mass is 420 g/mol. The predicted octanol–water partition coefficient (Wildman–Crippen LogP) is 5.05. The fraction of sp³-hybridized carbons (Fsp3) is 0.962. The standard InChI is InChI=1S/C26H46NO3/c1-23(2)18-9-11-25(23,5)20(15-18)29-14-13-27(7,8)17-22(28)30-21-16-19-10-12-26(21,6)24(19,3)4/h18-21H,9-17H2,1-8H3/q+1/t18-,19+,20+,21+,25-,26+/m0/s1. The smallest absolute Gasteiger partial charge is 0.362 e. The number of hydrogen-bond donors (Lipinski definition) is 0. The van der Waals surface area contributed by atoms with Crippen LogP contribution in [0.2, 0.25) is 0 Å². The highest BCUT2D eigenvalue weighted by atomic mass is 16.5. The Hall–Kier alpha value is -0.610. The van der Waals surface area contributed by atoms with Gasteiger partial charge in [-0.05, 0) is 66.6 Å². The number of carbonyl (C=O) groups is 1. The van der Waals surface area contributed by atoms with Gasteiger partial charge in [0, 0.05) is 5.41 Å². The van der Waals surface area contributed by atoms with Gasteiger partial charge in [-0.1, -0.05) is 41.5 Å². The molecule has 0 aromatic rings. The van der Waals surface area contributed by atoms with E-state index in [9.17, 15) is 4.79 Å². The molecule has 0 saturated heterocycles. The van der Waals surface area contributed by atoms with Crippen LogP contribution in [0.25, 0.3) is 0 Å². The minimum absolute atomic E-state index is 0.0393. The molecule has 4 saturated carbocycles. The van der Waals surface area contributed by atoms with Crippen LogP contribution in [0.1, 0.15) is 80.1 Å². The van der Waals surface area contributed by atoms with Crippen molar-refractivity contribution in [3.8, 4) is 0 Å². The second kappa shape index (κ2) is 6.94. The molecule has 0 aromatic heterocycles. The Morgan fingerprint density at radius 3 is 1.80 bits per heavy atom. The van der Waals surface area contributed by atoms with Crippen molar-refractivity contribution >= 4 is 5.97 Å². The summed E-state index contributed by atoms with van der Waals surface area (Å²) in [6.45, 7) is 16.4. The topological polar surface area (TPSA) is 35.5 Å². The van der Waals surface area contributed by atoms with Gasteiger partial charge in [0.25, 0.3) is 0 Å². The fourth-order valence-corrected chi connectivity index (χ4v) is 7.76. The summed E-state index contributed by atoms with van der Waals surface area (Å²) in [7, 11) is 4.26. The molecule has 4 rings (SSSR count). The molecule has 0 spiro atoms. The highest BCUT2D eigenvalue weighted by Gasteiger charge is 2.63. The Morgan fingerprint density at radius 2 is 1.37 bits per heavy atom. The first-order valence-corrected chi connectivity index (χ1v) is 12.4. The largest absolute Gasteiger partial charge is 0.458 e. The van der Waals surface area contributed by atoms with Gasteiger partial charge in [0.15, 0.2) is 6.54 Å². The van der Waals surface area contributed by atoms with E-state index in [4.69, 9.17) is 9.47 Å². The first kappa shape index (κ1) is 22.6. The summed E-state index contributed by atoms with van der Waals surface area (Å²) in [6.07, 6.45) is 7.83. The minimum Gasteiger partial charge on any atom is -0.458 e. The number of nitrogens with zero attached hydrogens (tertiary/aromatic N) is 1. The molecule has 4 aliphatic rings. The number of ether oxygens (including phenoxy) is 2. The third kappa shape index (κ3) is 3.18. The molecular weight excluding hydrogens is 374 g/mol. The van der Waals surface area contributed by atoms with E-state index in [-0.39, 0.29) is 22.9 Å². The van der Waals surface area contributed by atoms with Crippen LogP contribution in [0.5, 0.6) is 0 Å². The lowest BCUT2D eigenvalue weighted by molar-refractivity contribution is -0.883. The molecule has 0 unspecified atom stereocenters. The van der Waals surface area contributed by atoms with Crippen molar-refractivity contribution < 1.29 is 18.8 Å². The summed E-state index contributed by atoms with van der Waals surface area (Å²) in [5, 5.41) is 0. The van der Waals surface area contributed by atoms with E-state index in [0.29, 0.717) is 33.9 Å². The van der Waals surface area contributed by atoms with Crippen molar-refractivity contribution in [3.63, 3.8) is 0 Å². The molecule has 6 atom stereocenters. The summed E-state index contributed by atoms with van der Waals surface area (Å²) < 4.78 is 13.2. The number of quaternary nitrogens is 1. The van der Waals surface area contributed by atoms with Gasteiger partial charge < -0.3 is 14.0 Å². The van der Waals surface area contributed by atoms with Gasteiger partial charge in [0.05, 0.1) is 26.8 Å². The van der Waals surface area contributed by atoms with Crippen molar-refractivity contribution in [2.45, 2.75) is 92.3 Å². The van der Waals surface area contributed by atoms with Gasteiger partial charge in [0.2, 0.25) is 0 Å². The van der Waals surface area contributed by atoms with E-state index in [1.807, 2.05) is 0 Å². The van der Waals surface area contributed by atoms with Crippen molar-refractivity contribution in [1.29, 1.82) is 0 Å². The van der Waals surface area contributed by atoms with Crippen LogP contribution < -0.4 is 0 Å². The van der Waals surface area contributed by atoms with Gasteiger partial charge >= 0.3 is 5.97 Å². The van der Waals surface area contributed by atoms with Gasteiger partial charge in [-0.3, -0.25) is 0 Å². The Bertz CT molecular complexity index is 698. The van der Waals surface area contributed by atoms with E-state index in [1.54, 1.807) is 0 Å². The number of carbonyl (C=O) groups excluding carboxylic acids is 1. The average molecular weight is 421 g/mol. The molecule has 0 aliphatic heterocycles. The maximum atomic E-state index is 12.8. The van der Waals surface area contributed by atoms with Gasteiger partial charge in [0.1, 0.15) is 12.6 Å². The normalized spacial score (nSPS) is 43.3. The zero-order valence-corrected chi connectivity index (χ0v) is 20.8. The maximum Gasteiger partial charge on any atom is 0.362 e. The van der Waals surface area contributed by atoms with Crippen LogP contribution in [-0.2, 0) is 14.3 Å². The van der Waals surface area contributed by atoms with Gasteiger partial charge in [-0.2, -0.15) is 0 Å². The summed E-state index contributed by atoms with van der Waals surface area (Å²) in [4.78, 5) is 12.8. The molecule has 0 radical (unpaired) electrons. The van der Waals surface area contributed by atoms with E-state index < -0.39 is 0 Å². The van der Waals surface area contributed by atoms with Crippen LogP contribution in [0.15, 0.2) is 0 Å². The van der Waals surface area contributed by atoms with Crippen LogP contribution in [0.4, 0.5) is 0 Å². The van der Waals surface area contributed by atoms with E-state index >= 15 is 0 Å². The molecule has 172 valence electrons. The summed E-state index contributed by atoms with van der Waals surface area (Å²) in [5.74, 6) is 1.46. The van der Waals surface area contributed by atoms with Crippen molar-refractivity contribution in [2.24, 2.45) is 33.5 Å². The molecule has 0 amide bonds. The number of fused-ring (bicyclic) bond motifs is 4. The number of hydrogen-bond acceptors (Lipinski definition) is 3. The van der Waals surface area contributed by atoms with E-state index in [0.717, 1.165) is 25.5 Å². The molecule has 4 aliphatic carbocycles. The molecule has 0 N–H and O–H groups in total. The van der Waals surface area contributed by atoms with Crippen LogP contribution in [0.3, 0.4) is 0 Å². The summed E-state index contributed by atoms with van der Waals surface area (Å²) >= 11 is 0. The molecule has 4 heteroatoms. The molecule has 0 heterocycles. The summed E-state index contributed by atoms with van der Waals surface area (Å²) in [5.41, 5.74) is 1.10. The Labute approximate surface area is 184 Å². The SMILES string of the molecule is CC1(C)[C@H]2CC[C@@]1(C)[C@H](OCC[N+](C)(C)CC(=O)O[C@@H]1C[C@H]3CC[C@@]1(C)C3(C)C)C2. The van der Waals surface area contributed by atoms with Crippen LogP contribution in [-0.4, -0.2) is 56.5 Å². The van der Waals surface area contributed by atoms with E-state index in [2.05, 4.69) is 55.6 Å². The highest BCUT2D eigenvalue weighted by Crippen LogP contribution is 2.67. The second-order valence-corrected chi connectivity index (χ2v) is 13.4. The Morgan fingerprint density at radius 1 is 0.867 bits per heavy atom. The molecule has 0 aromatic carbocycles. The van der Waals surface area contributed by atoms with Crippen molar-refractivity contribution in [2.75, 3.05) is 33.8 Å². The summed E-state index contributed by atoms with van der Waals surface area (Å²) in [6, 6.07) is 0.